The second-order valence-corrected chi connectivity index (χ2v) is 7.85. The summed E-state index contributed by atoms with van der Waals surface area (Å²) in [6.07, 6.45) is -1.02. The van der Waals surface area contributed by atoms with E-state index in [0.717, 1.165) is 16.7 Å². The van der Waals surface area contributed by atoms with Gasteiger partial charge in [0.15, 0.2) is 5.66 Å². The normalized spacial score (nSPS) is 18.3. The van der Waals surface area contributed by atoms with Crippen LogP contribution in [-0.2, 0) is 5.66 Å². The first kappa shape index (κ1) is 22.0. The maximum absolute atomic E-state index is 12.8. The molecule has 8 heteroatoms. The molecule has 2 aliphatic heterocycles. The van der Waals surface area contributed by atoms with Crippen LogP contribution in [0.2, 0.25) is 0 Å². The molecule has 168 valence electrons. The second-order valence-electron chi connectivity index (χ2n) is 7.85. The molecule has 3 aromatic carbocycles. The van der Waals surface area contributed by atoms with Crippen molar-refractivity contribution < 1.29 is 23.9 Å². The fourth-order valence-corrected chi connectivity index (χ4v) is 4.43. The highest BCUT2D eigenvalue weighted by Crippen LogP contribution is 2.49. The minimum absolute atomic E-state index is 0.107. The molecule has 1 fully saturated rings. The SMILES string of the molecule is Cc1ccc(C23c4ccccc4C(=O)N2CCN3C(=O)O)cc1.NC(=O)c1ccc(F)cc1. The zero-order chi connectivity index (χ0) is 23.8. The van der Waals surface area contributed by atoms with E-state index in [9.17, 15) is 23.9 Å². The summed E-state index contributed by atoms with van der Waals surface area (Å²) < 4.78 is 12.2. The molecule has 1 unspecified atom stereocenters. The van der Waals surface area contributed by atoms with Gasteiger partial charge >= 0.3 is 6.09 Å². The Morgan fingerprint density at radius 2 is 1.61 bits per heavy atom. The van der Waals surface area contributed by atoms with Crippen molar-refractivity contribution in [2.75, 3.05) is 13.1 Å². The number of hydrogen-bond donors (Lipinski definition) is 2. The smallest absolute Gasteiger partial charge is 0.409 e. The van der Waals surface area contributed by atoms with Gasteiger partial charge in [-0.25, -0.2) is 9.18 Å². The number of benzene rings is 3. The lowest BCUT2D eigenvalue weighted by Gasteiger charge is -2.39. The highest BCUT2D eigenvalue weighted by molar-refractivity contribution is 6.01. The van der Waals surface area contributed by atoms with Crippen LogP contribution >= 0.6 is 0 Å². The number of amides is 3. The van der Waals surface area contributed by atoms with E-state index in [1.165, 1.54) is 29.2 Å². The Bertz CT molecular complexity index is 1220. The zero-order valence-corrected chi connectivity index (χ0v) is 17.9. The molecule has 0 bridgehead atoms. The van der Waals surface area contributed by atoms with Gasteiger partial charge in [0.2, 0.25) is 5.91 Å². The number of carbonyl (C=O) groups is 3. The van der Waals surface area contributed by atoms with E-state index in [1.54, 1.807) is 11.0 Å². The van der Waals surface area contributed by atoms with Crippen LogP contribution in [0.5, 0.6) is 0 Å². The van der Waals surface area contributed by atoms with E-state index in [-0.39, 0.29) is 11.7 Å². The van der Waals surface area contributed by atoms with E-state index in [0.29, 0.717) is 24.2 Å². The lowest BCUT2D eigenvalue weighted by Crippen LogP contribution is -2.51. The van der Waals surface area contributed by atoms with Gasteiger partial charge in [-0.3, -0.25) is 14.5 Å². The van der Waals surface area contributed by atoms with Crippen molar-refractivity contribution in [2.45, 2.75) is 12.6 Å². The maximum atomic E-state index is 12.8. The Kier molecular flexibility index (Phi) is 5.59. The molecule has 2 heterocycles. The van der Waals surface area contributed by atoms with Crippen molar-refractivity contribution in [2.24, 2.45) is 5.73 Å². The van der Waals surface area contributed by atoms with Crippen molar-refractivity contribution in [3.63, 3.8) is 0 Å². The largest absolute Gasteiger partial charge is 0.465 e. The van der Waals surface area contributed by atoms with E-state index >= 15 is 0 Å². The molecular formula is C25H22FN3O4. The fraction of sp³-hybridized carbons (Fsp3) is 0.160. The van der Waals surface area contributed by atoms with Gasteiger partial charge in [0.05, 0.1) is 0 Å². The standard InChI is InChI=1S/C18H16N2O3.C7H6FNO/c1-12-6-8-13(9-7-12)18-15-5-3-2-4-14(15)16(21)19(18)10-11-20(18)17(22)23;8-6-3-1-5(2-4-6)7(9)10/h2-9H,10-11H2,1H3,(H,22,23);1-4H,(H2,9,10). The Hall–Kier alpha value is -4.20. The first-order chi connectivity index (χ1) is 15.8. The summed E-state index contributed by atoms with van der Waals surface area (Å²) >= 11 is 0. The molecule has 7 nitrogen and oxygen atoms in total. The van der Waals surface area contributed by atoms with Crippen LogP contribution in [0.25, 0.3) is 0 Å². The number of fused-ring (bicyclic) bond motifs is 3. The number of rotatable bonds is 2. The molecule has 0 spiro atoms. The van der Waals surface area contributed by atoms with Gasteiger partial charge in [-0.2, -0.15) is 0 Å². The van der Waals surface area contributed by atoms with Gasteiger partial charge in [0.1, 0.15) is 5.82 Å². The van der Waals surface area contributed by atoms with Crippen LogP contribution in [0.15, 0.2) is 72.8 Å². The maximum Gasteiger partial charge on any atom is 0.409 e. The Morgan fingerprint density at radius 1 is 0.970 bits per heavy atom. The van der Waals surface area contributed by atoms with Crippen LogP contribution in [0.3, 0.4) is 0 Å². The predicted molar refractivity (Wildman–Crippen MR) is 119 cm³/mol. The minimum Gasteiger partial charge on any atom is -0.465 e. The number of hydrogen-bond acceptors (Lipinski definition) is 3. The molecule has 1 saturated heterocycles. The van der Waals surface area contributed by atoms with Crippen LogP contribution in [0.4, 0.5) is 9.18 Å². The summed E-state index contributed by atoms with van der Waals surface area (Å²) in [5.41, 5.74) is 7.40. The number of halogens is 1. The molecule has 3 aromatic rings. The van der Waals surface area contributed by atoms with E-state index in [4.69, 9.17) is 5.73 Å². The summed E-state index contributed by atoms with van der Waals surface area (Å²) in [7, 11) is 0. The molecule has 3 amide bonds. The molecule has 2 aliphatic rings. The van der Waals surface area contributed by atoms with Crippen molar-refractivity contribution in [3.8, 4) is 0 Å². The topological polar surface area (TPSA) is 104 Å². The Labute approximate surface area is 189 Å². The zero-order valence-electron chi connectivity index (χ0n) is 17.9. The summed E-state index contributed by atoms with van der Waals surface area (Å²) in [5, 5.41) is 9.74. The molecule has 3 N–H and O–H groups in total. The second kappa shape index (κ2) is 8.38. The average molecular weight is 447 g/mol. The Balaban J connectivity index is 0.000000219. The van der Waals surface area contributed by atoms with Gasteiger partial charge in [-0.05, 0) is 37.3 Å². The van der Waals surface area contributed by atoms with Crippen LogP contribution in [-0.4, -0.2) is 45.9 Å². The number of carboxylic acid groups (broad SMARTS) is 1. The minimum atomic E-state index is -1.05. The van der Waals surface area contributed by atoms with Gasteiger partial charge in [0.25, 0.3) is 5.91 Å². The fourth-order valence-electron chi connectivity index (χ4n) is 4.43. The average Bonchev–Trinajstić information content (AvgIpc) is 3.31. The number of nitrogens with zero attached hydrogens (tertiary/aromatic N) is 2. The first-order valence-electron chi connectivity index (χ1n) is 10.3. The lowest BCUT2D eigenvalue weighted by molar-refractivity contribution is 0.0463. The lowest BCUT2D eigenvalue weighted by atomic mass is 9.89. The molecule has 0 aliphatic carbocycles. The van der Waals surface area contributed by atoms with E-state index in [1.807, 2.05) is 49.4 Å². The molecule has 1 atom stereocenters. The summed E-state index contributed by atoms with van der Waals surface area (Å²) in [6.45, 7) is 2.69. The molecule has 5 rings (SSSR count). The van der Waals surface area contributed by atoms with Gasteiger partial charge in [-0.15, -0.1) is 0 Å². The molecular weight excluding hydrogens is 425 g/mol. The van der Waals surface area contributed by atoms with E-state index in [2.05, 4.69) is 0 Å². The molecule has 33 heavy (non-hydrogen) atoms. The van der Waals surface area contributed by atoms with Gasteiger partial charge in [-0.1, -0.05) is 48.0 Å². The third-order valence-corrected chi connectivity index (χ3v) is 5.92. The van der Waals surface area contributed by atoms with E-state index < -0.39 is 17.7 Å². The number of nitrogens with two attached hydrogens (primary N) is 1. The number of carbonyl (C=O) groups excluding carboxylic acids is 2. The molecule has 0 radical (unpaired) electrons. The summed E-state index contributed by atoms with van der Waals surface area (Å²) in [4.78, 5) is 38.2. The third kappa shape index (κ3) is 3.59. The van der Waals surface area contributed by atoms with Crippen molar-refractivity contribution in [3.05, 3.63) is 106 Å². The van der Waals surface area contributed by atoms with Gasteiger partial charge in [0, 0.05) is 35.3 Å². The monoisotopic (exact) mass is 447 g/mol. The van der Waals surface area contributed by atoms with Crippen LogP contribution in [0.1, 0.15) is 37.4 Å². The molecule has 0 saturated carbocycles. The van der Waals surface area contributed by atoms with Crippen molar-refractivity contribution >= 4 is 17.9 Å². The third-order valence-electron chi connectivity index (χ3n) is 5.92. The number of aryl methyl sites for hydroxylation is 1. The van der Waals surface area contributed by atoms with Crippen LogP contribution in [0, 0.1) is 12.7 Å². The summed E-state index contributed by atoms with van der Waals surface area (Å²) in [5.74, 6) is -1.02. The van der Waals surface area contributed by atoms with Gasteiger partial charge < -0.3 is 15.7 Å². The molecule has 0 aromatic heterocycles. The highest BCUT2D eigenvalue weighted by atomic mass is 19.1. The van der Waals surface area contributed by atoms with Crippen molar-refractivity contribution in [1.29, 1.82) is 0 Å². The highest BCUT2D eigenvalue weighted by Gasteiger charge is 2.59. The predicted octanol–water partition coefficient (Wildman–Crippen LogP) is 3.57. The number of primary amides is 1. The summed E-state index contributed by atoms with van der Waals surface area (Å²) in [6, 6.07) is 20.1. The quantitative estimate of drug-likeness (QED) is 0.627. The van der Waals surface area contributed by atoms with Crippen molar-refractivity contribution in [1.82, 2.24) is 9.80 Å². The first-order valence-corrected chi connectivity index (χ1v) is 10.3. The van der Waals surface area contributed by atoms with Crippen LogP contribution < -0.4 is 5.73 Å². The Morgan fingerprint density at radius 3 is 2.21 bits per heavy atom.